The molecule has 0 fully saturated rings. The van der Waals surface area contributed by atoms with Crippen LogP contribution in [-0.4, -0.2) is 21.2 Å². The van der Waals surface area contributed by atoms with Gasteiger partial charge in [-0.25, -0.2) is 4.79 Å². The highest BCUT2D eigenvalue weighted by molar-refractivity contribution is 6.30. The molecule has 6 heteroatoms. The second-order valence-corrected chi connectivity index (χ2v) is 9.80. The van der Waals surface area contributed by atoms with Gasteiger partial charge in [-0.3, -0.25) is 4.79 Å². The first-order valence-corrected chi connectivity index (χ1v) is 11.2. The molecule has 1 heterocycles. The van der Waals surface area contributed by atoms with Crippen LogP contribution in [0, 0.1) is 27.7 Å². The first-order valence-electron chi connectivity index (χ1n) is 10.8. The fourth-order valence-corrected chi connectivity index (χ4v) is 4.10. The maximum absolute atomic E-state index is 13.7. The van der Waals surface area contributed by atoms with Crippen molar-refractivity contribution in [1.29, 1.82) is 0 Å². The summed E-state index contributed by atoms with van der Waals surface area (Å²) in [5.41, 5.74) is 4.55. The third-order valence-electron chi connectivity index (χ3n) is 5.71. The molecule has 33 heavy (non-hydrogen) atoms. The molecule has 3 rings (SSSR count). The van der Waals surface area contributed by atoms with Gasteiger partial charge in [0, 0.05) is 27.5 Å². The molecular weight excluding hydrogens is 438 g/mol. The number of hydrogen-bond donors (Lipinski definition) is 1. The third kappa shape index (κ3) is 5.05. The Morgan fingerprint density at radius 1 is 1.00 bits per heavy atom. The van der Waals surface area contributed by atoms with E-state index in [0.717, 1.165) is 16.7 Å². The monoisotopic (exact) mass is 467 g/mol. The summed E-state index contributed by atoms with van der Waals surface area (Å²) in [5.74, 6) is -1.16. The van der Waals surface area contributed by atoms with E-state index < -0.39 is 17.7 Å². The van der Waals surface area contributed by atoms with Crippen LogP contribution in [0.25, 0.3) is 16.8 Å². The molecule has 2 aromatic carbocycles. The largest absolute Gasteiger partial charge is 0.479 e. The summed E-state index contributed by atoms with van der Waals surface area (Å²) < 4.78 is 7.76. The van der Waals surface area contributed by atoms with Gasteiger partial charge in [0.15, 0.2) is 11.5 Å². The molecular formula is C27H30ClNO4. The van der Waals surface area contributed by atoms with E-state index >= 15 is 0 Å². The van der Waals surface area contributed by atoms with E-state index in [1.165, 1.54) is 0 Å². The van der Waals surface area contributed by atoms with Crippen molar-refractivity contribution in [2.75, 3.05) is 0 Å². The average molecular weight is 468 g/mol. The van der Waals surface area contributed by atoms with Gasteiger partial charge < -0.3 is 14.4 Å². The number of carboxylic acid groups (broad SMARTS) is 1. The lowest BCUT2D eigenvalue weighted by Gasteiger charge is -2.30. The zero-order valence-electron chi connectivity index (χ0n) is 20.1. The minimum absolute atomic E-state index is 0.209. The van der Waals surface area contributed by atoms with Gasteiger partial charge in [0.05, 0.1) is 11.3 Å². The molecule has 0 spiro atoms. The number of aryl methyl sites for hydroxylation is 2. The van der Waals surface area contributed by atoms with Crippen LogP contribution >= 0.6 is 11.6 Å². The Balaban J connectivity index is 2.45. The van der Waals surface area contributed by atoms with Gasteiger partial charge in [-0.15, -0.1) is 0 Å². The van der Waals surface area contributed by atoms with Crippen molar-refractivity contribution < 1.29 is 14.6 Å². The molecule has 0 aliphatic rings. The smallest absolute Gasteiger partial charge is 0.339 e. The minimum atomic E-state index is -1.33. The highest BCUT2D eigenvalue weighted by Gasteiger charge is 2.33. The number of hydrogen-bond acceptors (Lipinski definition) is 3. The summed E-state index contributed by atoms with van der Waals surface area (Å²) in [6, 6.07) is 13.0. The van der Waals surface area contributed by atoms with Crippen LogP contribution in [0.2, 0.25) is 5.02 Å². The van der Waals surface area contributed by atoms with E-state index in [9.17, 15) is 14.7 Å². The maximum atomic E-state index is 13.7. The number of rotatable bonds is 5. The summed E-state index contributed by atoms with van der Waals surface area (Å²) in [4.78, 5) is 26.0. The van der Waals surface area contributed by atoms with Gasteiger partial charge in [0.2, 0.25) is 0 Å². The van der Waals surface area contributed by atoms with Crippen LogP contribution in [0.1, 0.15) is 55.0 Å². The standard InChI is InChI=1S/C27H30ClNO4/c1-15-8-9-19(14-16(15)2)22-18(4)29(21-12-10-20(28)11-13-21)23(17(3)24(22)30)25(26(31)32)33-27(5,6)7/h8-14,25H,1-7H3,(H,31,32). The molecule has 0 saturated carbocycles. The van der Waals surface area contributed by atoms with Gasteiger partial charge in [0.1, 0.15) is 0 Å². The normalized spacial score (nSPS) is 12.6. The Labute approximate surface area is 199 Å². The van der Waals surface area contributed by atoms with Gasteiger partial charge in [0.25, 0.3) is 0 Å². The molecule has 3 aromatic rings. The summed E-state index contributed by atoms with van der Waals surface area (Å²) in [7, 11) is 0. The van der Waals surface area contributed by atoms with Gasteiger partial charge in [-0.1, -0.05) is 29.8 Å². The summed E-state index contributed by atoms with van der Waals surface area (Å²) in [5, 5.41) is 10.7. The summed E-state index contributed by atoms with van der Waals surface area (Å²) in [6.45, 7) is 12.9. The van der Waals surface area contributed by atoms with Crippen molar-refractivity contribution in [3.05, 3.63) is 85.8 Å². The molecule has 1 unspecified atom stereocenters. The fraction of sp³-hybridized carbons (Fsp3) is 0.333. The SMILES string of the molecule is Cc1ccc(-c2c(C)n(-c3ccc(Cl)cc3)c(C(OC(C)(C)C)C(=O)O)c(C)c2=O)cc1C. The number of ether oxygens (including phenoxy) is 1. The highest BCUT2D eigenvalue weighted by Crippen LogP contribution is 2.33. The van der Waals surface area contributed by atoms with Gasteiger partial charge >= 0.3 is 5.97 Å². The predicted molar refractivity (Wildman–Crippen MR) is 133 cm³/mol. The fourth-order valence-electron chi connectivity index (χ4n) is 3.98. The summed E-state index contributed by atoms with van der Waals surface area (Å²) >= 11 is 6.12. The van der Waals surface area contributed by atoms with Crippen molar-refractivity contribution in [2.45, 2.75) is 60.2 Å². The number of aliphatic carboxylic acids is 1. The lowest BCUT2D eigenvalue weighted by molar-refractivity contribution is -0.161. The number of carboxylic acids is 1. The van der Waals surface area contributed by atoms with Crippen LogP contribution in [-0.2, 0) is 9.53 Å². The van der Waals surface area contributed by atoms with Crippen molar-refractivity contribution in [3.63, 3.8) is 0 Å². The lowest BCUT2D eigenvalue weighted by atomic mass is 9.95. The second-order valence-electron chi connectivity index (χ2n) is 9.36. The third-order valence-corrected chi connectivity index (χ3v) is 5.97. The number of benzene rings is 2. The summed E-state index contributed by atoms with van der Waals surface area (Å²) in [6.07, 6.45) is -1.33. The van der Waals surface area contributed by atoms with Crippen molar-refractivity contribution in [1.82, 2.24) is 4.57 Å². The van der Waals surface area contributed by atoms with Crippen LogP contribution in [0.5, 0.6) is 0 Å². The van der Waals surface area contributed by atoms with E-state index in [1.54, 1.807) is 39.8 Å². The van der Waals surface area contributed by atoms with Crippen LogP contribution in [0.4, 0.5) is 0 Å². The molecule has 0 radical (unpaired) electrons. The lowest BCUT2D eigenvalue weighted by Crippen LogP contribution is -2.32. The van der Waals surface area contributed by atoms with Crippen LogP contribution in [0.15, 0.2) is 47.3 Å². The van der Waals surface area contributed by atoms with Crippen molar-refractivity contribution >= 4 is 17.6 Å². The number of nitrogens with zero attached hydrogens (tertiary/aromatic N) is 1. The zero-order valence-corrected chi connectivity index (χ0v) is 20.9. The van der Waals surface area contributed by atoms with Gasteiger partial charge in [-0.2, -0.15) is 0 Å². The first-order chi connectivity index (χ1) is 15.3. The molecule has 1 atom stereocenters. The Kier molecular flexibility index (Phi) is 6.87. The van der Waals surface area contributed by atoms with E-state index in [4.69, 9.17) is 16.3 Å². The molecule has 0 saturated heterocycles. The second kappa shape index (κ2) is 9.16. The molecule has 1 aromatic heterocycles. The van der Waals surface area contributed by atoms with E-state index in [1.807, 2.05) is 55.7 Å². The van der Waals surface area contributed by atoms with E-state index in [-0.39, 0.29) is 5.43 Å². The van der Waals surface area contributed by atoms with Crippen LogP contribution < -0.4 is 5.43 Å². The Bertz CT molecular complexity index is 1270. The zero-order chi connectivity index (χ0) is 24.7. The van der Waals surface area contributed by atoms with Crippen molar-refractivity contribution in [2.24, 2.45) is 0 Å². The topological polar surface area (TPSA) is 68.5 Å². The molecule has 0 aliphatic carbocycles. The van der Waals surface area contributed by atoms with Gasteiger partial charge in [-0.05, 0) is 89.4 Å². The van der Waals surface area contributed by atoms with E-state index in [2.05, 4.69) is 0 Å². The molecule has 1 N–H and O–H groups in total. The Morgan fingerprint density at radius 3 is 2.12 bits per heavy atom. The first kappa shape index (κ1) is 24.7. The number of aromatic nitrogens is 1. The van der Waals surface area contributed by atoms with E-state index in [0.29, 0.717) is 33.2 Å². The highest BCUT2D eigenvalue weighted by atomic mass is 35.5. The predicted octanol–water partition coefficient (Wildman–Crippen LogP) is 6.33. The molecule has 0 bridgehead atoms. The number of pyridine rings is 1. The average Bonchev–Trinajstić information content (AvgIpc) is 2.72. The number of halogens is 1. The Hall–Kier alpha value is -2.89. The minimum Gasteiger partial charge on any atom is -0.479 e. The molecule has 5 nitrogen and oxygen atoms in total. The van der Waals surface area contributed by atoms with Crippen molar-refractivity contribution in [3.8, 4) is 16.8 Å². The quantitative estimate of drug-likeness (QED) is 0.475. The Morgan fingerprint density at radius 2 is 1.61 bits per heavy atom. The molecule has 0 amide bonds. The molecule has 174 valence electrons. The maximum Gasteiger partial charge on any atom is 0.339 e. The number of carbonyl (C=O) groups is 1. The molecule has 0 aliphatic heterocycles. The van der Waals surface area contributed by atoms with Crippen LogP contribution in [0.3, 0.4) is 0 Å².